The quantitative estimate of drug-likeness (QED) is 0.679. The lowest BCUT2D eigenvalue weighted by molar-refractivity contribution is -0.385. The number of aromatic nitrogens is 2. The van der Waals surface area contributed by atoms with Crippen molar-refractivity contribution in [2.24, 2.45) is 0 Å². The van der Waals surface area contributed by atoms with Gasteiger partial charge in [-0.1, -0.05) is 11.6 Å². The highest BCUT2D eigenvalue weighted by molar-refractivity contribution is 6.30. The molecule has 8 nitrogen and oxygen atoms in total. The van der Waals surface area contributed by atoms with Crippen molar-refractivity contribution in [2.75, 3.05) is 5.32 Å². The summed E-state index contributed by atoms with van der Waals surface area (Å²) in [4.78, 5) is 37.2. The van der Waals surface area contributed by atoms with Crippen LogP contribution in [0.4, 0.5) is 11.5 Å². The topological polar surface area (TPSA) is 107 Å². The molecular formula is C12H9ClN4O4. The molecule has 0 spiro atoms. The van der Waals surface area contributed by atoms with E-state index in [4.69, 9.17) is 11.6 Å². The maximum Gasteiger partial charge on any atom is 0.285 e. The molecule has 0 radical (unpaired) electrons. The van der Waals surface area contributed by atoms with Crippen molar-refractivity contribution in [3.8, 4) is 0 Å². The first-order valence-electron chi connectivity index (χ1n) is 5.72. The van der Waals surface area contributed by atoms with Crippen molar-refractivity contribution in [2.45, 2.75) is 6.54 Å². The van der Waals surface area contributed by atoms with Crippen LogP contribution in [0.5, 0.6) is 0 Å². The van der Waals surface area contributed by atoms with E-state index in [1.165, 1.54) is 12.3 Å². The standard InChI is InChI=1S/C12H9ClN4O4/c13-8-1-3-10(14-5-8)15-11(18)7-16-6-9(17(20)21)2-4-12(16)19/h1-6H,7H2,(H,14,15,18). The minimum atomic E-state index is -0.644. The predicted molar refractivity (Wildman–Crippen MR) is 75.2 cm³/mol. The number of halogens is 1. The first-order valence-corrected chi connectivity index (χ1v) is 6.10. The third-order valence-corrected chi connectivity index (χ3v) is 2.71. The molecule has 9 heteroatoms. The van der Waals surface area contributed by atoms with Crippen molar-refractivity contribution >= 4 is 29.0 Å². The zero-order chi connectivity index (χ0) is 15.4. The zero-order valence-electron chi connectivity index (χ0n) is 10.5. The molecule has 2 aromatic heterocycles. The number of nitrogens with zero attached hydrogens (tertiary/aromatic N) is 3. The average molecular weight is 309 g/mol. The number of nitro groups is 1. The number of pyridine rings is 2. The number of hydrogen-bond acceptors (Lipinski definition) is 5. The first kappa shape index (κ1) is 14.7. The monoisotopic (exact) mass is 308 g/mol. The molecule has 0 fully saturated rings. The largest absolute Gasteiger partial charge is 0.309 e. The minimum absolute atomic E-state index is 0.267. The van der Waals surface area contributed by atoms with Crippen molar-refractivity contribution < 1.29 is 9.72 Å². The van der Waals surface area contributed by atoms with Crippen LogP contribution in [-0.4, -0.2) is 20.4 Å². The number of anilines is 1. The maximum atomic E-state index is 11.8. The lowest BCUT2D eigenvalue weighted by atomic mass is 10.4. The maximum absolute atomic E-state index is 11.8. The van der Waals surface area contributed by atoms with Crippen LogP contribution in [0, 0.1) is 10.1 Å². The summed E-state index contributed by atoms with van der Waals surface area (Å²) in [6.07, 6.45) is 2.37. The fourth-order valence-corrected chi connectivity index (χ4v) is 1.65. The Balaban J connectivity index is 2.12. The SMILES string of the molecule is O=C(Cn1cc([N+](=O)[O-])ccc1=O)Nc1ccc(Cl)cn1. The van der Waals surface area contributed by atoms with Crippen LogP contribution in [0.25, 0.3) is 0 Å². The van der Waals surface area contributed by atoms with E-state index in [-0.39, 0.29) is 18.1 Å². The van der Waals surface area contributed by atoms with E-state index in [1.807, 2.05) is 0 Å². The van der Waals surface area contributed by atoms with Crippen molar-refractivity contribution in [3.63, 3.8) is 0 Å². The third-order valence-electron chi connectivity index (χ3n) is 2.49. The van der Waals surface area contributed by atoms with Gasteiger partial charge in [-0.05, 0) is 12.1 Å². The summed E-state index contributed by atoms with van der Waals surface area (Å²) < 4.78 is 0.948. The fraction of sp³-hybridized carbons (Fsp3) is 0.0833. The Bertz CT molecular complexity index is 742. The van der Waals surface area contributed by atoms with Gasteiger partial charge in [0, 0.05) is 18.3 Å². The van der Waals surface area contributed by atoms with Crippen LogP contribution in [0.1, 0.15) is 0 Å². The minimum Gasteiger partial charge on any atom is -0.309 e. The molecule has 0 aromatic carbocycles. The van der Waals surface area contributed by atoms with E-state index < -0.39 is 16.4 Å². The molecule has 1 N–H and O–H groups in total. The molecule has 0 unspecified atom stereocenters. The van der Waals surface area contributed by atoms with Crippen molar-refractivity contribution in [3.05, 3.63) is 62.1 Å². The summed E-state index contributed by atoms with van der Waals surface area (Å²) in [5.74, 6) is -0.268. The molecule has 1 amide bonds. The van der Waals surface area contributed by atoms with Gasteiger partial charge < -0.3 is 5.32 Å². The summed E-state index contributed by atoms with van der Waals surface area (Å²) in [6.45, 7) is -0.356. The summed E-state index contributed by atoms with van der Waals surface area (Å²) in [5, 5.41) is 13.5. The number of nitrogens with one attached hydrogen (secondary N) is 1. The Labute approximate surface area is 123 Å². The summed E-state index contributed by atoms with van der Waals surface area (Å²) in [7, 11) is 0. The Morgan fingerprint density at radius 1 is 1.38 bits per heavy atom. The van der Waals surface area contributed by atoms with E-state index in [1.54, 1.807) is 6.07 Å². The van der Waals surface area contributed by atoms with Gasteiger partial charge in [0.1, 0.15) is 12.4 Å². The van der Waals surface area contributed by atoms with Crippen LogP contribution >= 0.6 is 11.6 Å². The Morgan fingerprint density at radius 3 is 2.76 bits per heavy atom. The number of amides is 1. The van der Waals surface area contributed by atoms with Crippen LogP contribution in [-0.2, 0) is 11.3 Å². The van der Waals surface area contributed by atoms with E-state index in [2.05, 4.69) is 10.3 Å². The lowest BCUT2D eigenvalue weighted by Crippen LogP contribution is -2.27. The number of hydrogen-bond donors (Lipinski definition) is 1. The lowest BCUT2D eigenvalue weighted by Gasteiger charge is -2.06. The van der Waals surface area contributed by atoms with Crippen LogP contribution in [0.2, 0.25) is 5.02 Å². The van der Waals surface area contributed by atoms with Crippen LogP contribution in [0.15, 0.2) is 41.5 Å². The van der Waals surface area contributed by atoms with Crippen molar-refractivity contribution in [1.29, 1.82) is 0 Å². The van der Waals surface area contributed by atoms with Gasteiger partial charge in [0.05, 0.1) is 16.1 Å². The van der Waals surface area contributed by atoms with Crippen LogP contribution < -0.4 is 10.9 Å². The van der Waals surface area contributed by atoms with Gasteiger partial charge in [-0.25, -0.2) is 4.98 Å². The molecular weight excluding hydrogens is 300 g/mol. The summed E-state index contributed by atoms with van der Waals surface area (Å²) in [6, 6.07) is 5.16. The van der Waals surface area contributed by atoms with Crippen LogP contribution in [0.3, 0.4) is 0 Å². The van der Waals surface area contributed by atoms with Gasteiger partial charge in [0.15, 0.2) is 0 Å². The highest BCUT2D eigenvalue weighted by Crippen LogP contribution is 2.10. The van der Waals surface area contributed by atoms with E-state index in [0.717, 1.165) is 22.9 Å². The zero-order valence-corrected chi connectivity index (χ0v) is 11.3. The van der Waals surface area contributed by atoms with E-state index in [9.17, 15) is 19.7 Å². The molecule has 0 atom stereocenters. The molecule has 0 saturated heterocycles. The Kier molecular flexibility index (Phi) is 4.29. The molecule has 0 aliphatic rings. The van der Waals surface area contributed by atoms with Gasteiger partial charge in [-0.3, -0.25) is 24.3 Å². The van der Waals surface area contributed by atoms with Gasteiger partial charge in [0.25, 0.3) is 11.2 Å². The molecule has 2 heterocycles. The molecule has 0 aliphatic carbocycles. The second-order valence-electron chi connectivity index (χ2n) is 4.02. The van der Waals surface area contributed by atoms with Crippen molar-refractivity contribution in [1.82, 2.24) is 9.55 Å². The van der Waals surface area contributed by atoms with Gasteiger partial charge in [-0.15, -0.1) is 0 Å². The molecule has 21 heavy (non-hydrogen) atoms. The predicted octanol–water partition coefficient (Wildman–Crippen LogP) is 1.44. The number of carbonyl (C=O) groups is 1. The summed E-state index contributed by atoms with van der Waals surface area (Å²) in [5.41, 5.74) is -0.785. The highest BCUT2D eigenvalue weighted by Gasteiger charge is 2.11. The summed E-state index contributed by atoms with van der Waals surface area (Å²) >= 11 is 5.66. The molecule has 0 saturated carbocycles. The number of rotatable bonds is 4. The fourth-order valence-electron chi connectivity index (χ4n) is 1.54. The molecule has 0 aliphatic heterocycles. The Morgan fingerprint density at radius 2 is 2.14 bits per heavy atom. The molecule has 108 valence electrons. The first-order chi connectivity index (χ1) is 9.95. The average Bonchev–Trinajstić information content (AvgIpc) is 2.43. The molecule has 2 aromatic rings. The second kappa shape index (κ2) is 6.14. The third kappa shape index (κ3) is 3.86. The van der Waals surface area contributed by atoms with Gasteiger partial charge in [-0.2, -0.15) is 0 Å². The van der Waals surface area contributed by atoms with Gasteiger partial charge >= 0.3 is 0 Å². The molecule has 2 rings (SSSR count). The number of carbonyl (C=O) groups excluding carboxylic acids is 1. The molecule has 0 bridgehead atoms. The van der Waals surface area contributed by atoms with E-state index in [0.29, 0.717) is 5.02 Å². The Hall–Kier alpha value is -2.74. The second-order valence-corrected chi connectivity index (χ2v) is 4.46. The smallest absolute Gasteiger partial charge is 0.285 e. The van der Waals surface area contributed by atoms with E-state index >= 15 is 0 Å². The van der Waals surface area contributed by atoms with Gasteiger partial charge in [0.2, 0.25) is 5.91 Å². The highest BCUT2D eigenvalue weighted by atomic mass is 35.5. The normalized spacial score (nSPS) is 10.1.